The fourth-order valence-electron chi connectivity index (χ4n) is 5.11. The van der Waals surface area contributed by atoms with Gasteiger partial charge in [-0.15, -0.1) is 0 Å². The molecule has 0 aromatic heterocycles. The van der Waals surface area contributed by atoms with Crippen molar-refractivity contribution in [2.75, 3.05) is 13.2 Å². The lowest BCUT2D eigenvalue weighted by molar-refractivity contribution is -0.167. The van der Waals surface area contributed by atoms with Crippen molar-refractivity contribution < 1.29 is 28.6 Å². The summed E-state index contributed by atoms with van der Waals surface area (Å²) < 4.78 is 16.5. The average molecular weight is 723 g/mol. The molecule has 0 N–H and O–H groups in total. The van der Waals surface area contributed by atoms with Crippen molar-refractivity contribution in [3.05, 3.63) is 85.1 Å². The topological polar surface area (TPSA) is 78.9 Å². The lowest BCUT2D eigenvalue weighted by Crippen LogP contribution is -2.30. The van der Waals surface area contributed by atoms with Crippen molar-refractivity contribution in [2.45, 2.75) is 175 Å². The minimum Gasteiger partial charge on any atom is -0.462 e. The van der Waals surface area contributed by atoms with E-state index in [2.05, 4.69) is 51.2 Å². The third-order valence-electron chi connectivity index (χ3n) is 8.23. The Bertz CT molecular complexity index is 1060. The molecular weight excluding hydrogens is 648 g/mol. The Kier molecular flexibility index (Phi) is 37.7. The predicted octanol–water partition coefficient (Wildman–Crippen LogP) is 12.9. The van der Waals surface area contributed by atoms with Gasteiger partial charge in [-0.1, -0.05) is 157 Å². The molecule has 0 bridgehead atoms. The van der Waals surface area contributed by atoms with Gasteiger partial charge in [0.2, 0.25) is 0 Å². The number of hydrogen-bond donors (Lipinski definition) is 0. The van der Waals surface area contributed by atoms with E-state index >= 15 is 0 Å². The lowest BCUT2D eigenvalue weighted by atomic mass is 10.1. The van der Waals surface area contributed by atoms with Gasteiger partial charge in [-0.3, -0.25) is 14.4 Å². The van der Waals surface area contributed by atoms with Gasteiger partial charge in [0.1, 0.15) is 13.2 Å². The fraction of sp³-hybridized carbons (Fsp3) is 0.630. The number of allylic oxidation sites excluding steroid dienone is 14. The minimum absolute atomic E-state index is 0.119. The van der Waals surface area contributed by atoms with E-state index in [-0.39, 0.29) is 37.5 Å². The van der Waals surface area contributed by atoms with Gasteiger partial charge < -0.3 is 14.2 Å². The molecule has 0 spiro atoms. The molecule has 6 heteroatoms. The Morgan fingerprint density at radius 1 is 0.404 bits per heavy atom. The zero-order valence-electron chi connectivity index (χ0n) is 33.3. The quantitative estimate of drug-likeness (QED) is 0.0213. The van der Waals surface area contributed by atoms with Crippen LogP contribution in [0.5, 0.6) is 0 Å². The molecule has 0 aromatic rings. The SMILES string of the molecule is CC\C=C/C=C\C=C/C=C\C=C/CCCC(=O)OCC(COC(=O)CCC/C=C\CCCCCC)OC(=O)CCCCCCC/C=C\CCCCC. The molecule has 0 aliphatic heterocycles. The number of ether oxygens (including phenoxy) is 3. The van der Waals surface area contributed by atoms with Crippen LogP contribution in [0.3, 0.4) is 0 Å². The molecule has 1 atom stereocenters. The molecule has 0 aliphatic carbocycles. The van der Waals surface area contributed by atoms with Crippen molar-refractivity contribution in [1.29, 1.82) is 0 Å². The Labute approximate surface area is 318 Å². The van der Waals surface area contributed by atoms with E-state index in [1.54, 1.807) is 0 Å². The standard InChI is InChI=1S/C46H74O6/c1-4-7-10-13-16-19-21-23-25-27-30-33-36-39-45(48)51-42-43(41-50-44(47)38-35-32-29-26-18-15-12-9-6-3)52-46(49)40-37-34-31-28-24-22-20-17-14-11-8-5-2/h7,10,13,16-17,19-21,23,25-27,29-30,43H,4-6,8-9,11-12,14-15,18,22,24,28,31-42H2,1-3H3/b10-7-,16-13-,20-17-,21-19-,25-23-,29-26-,30-27-. The summed E-state index contributed by atoms with van der Waals surface area (Å²) in [6.45, 7) is 6.29. The summed E-state index contributed by atoms with van der Waals surface area (Å²) in [5, 5.41) is 0. The van der Waals surface area contributed by atoms with Crippen molar-refractivity contribution in [1.82, 2.24) is 0 Å². The summed E-state index contributed by atoms with van der Waals surface area (Å²) in [7, 11) is 0. The molecule has 6 nitrogen and oxygen atoms in total. The Balaban J connectivity index is 4.56. The molecule has 0 saturated heterocycles. The van der Waals surface area contributed by atoms with Gasteiger partial charge in [-0.05, 0) is 77.0 Å². The van der Waals surface area contributed by atoms with Gasteiger partial charge in [-0.2, -0.15) is 0 Å². The second-order valence-corrected chi connectivity index (χ2v) is 13.3. The van der Waals surface area contributed by atoms with Gasteiger partial charge in [0.15, 0.2) is 6.10 Å². The van der Waals surface area contributed by atoms with E-state index in [0.29, 0.717) is 25.7 Å². The van der Waals surface area contributed by atoms with Crippen LogP contribution in [0.1, 0.15) is 168 Å². The molecule has 0 saturated carbocycles. The summed E-state index contributed by atoms with van der Waals surface area (Å²) in [6.07, 6.45) is 50.1. The zero-order chi connectivity index (χ0) is 38.0. The van der Waals surface area contributed by atoms with Gasteiger partial charge in [-0.25, -0.2) is 0 Å². The van der Waals surface area contributed by atoms with E-state index in [4.69, 9.17) is 14.2 Å². The van der Waals surface area contributed by atoms with Crippen LogP contribution in [0.2, 0.25) is 0 Å². The zero-order valence-corrected chi connectivity index (χ0v) is 33.3. The number of rotatable bonds is 35. The summed E-state index contributed by atoms with van der Waals surface area (Å²) in [4.78, 5) is 37.5. The second-order valence-electron chi connectivity index (χ2n) is 13.3. The molecule has 294 valence electrons. The third kappa shape index (κ3) is 37.8. The van der Waals surface area contributed by atoms with Crippen LogP contribution in [0.15, 0.2) is 85.1 Å². The Morgan fingerprint density at radius 2 is 0.788 bits per heavy atom. The highest BCUT2D eigenvalue weighted by molar-refractivity contribution is 5.71. The molecule has 1 unspecified atom stereocenters. The van der Waals surface area contributed by atoms with Crippen LogP contribution < -0.4 is 0 Å². The molecule has 0 aromatic carbocycles. The summed E-state index contributed by atoms with van der Waals surface area (Å²) >= 11 is 0. The van der Waals surface area contributed by atoms with E-state index in [9.17, 15) is 14.4 Å². The van der Waals surface area contributed by atoms with Gasteiger partial charge >= 0.3 is 17.9 Å². The van der Waals surface area contributed by atoms with E-state index in [1.165, 1.54) is 57.8 Å². The average Bonchev–Trinajstić information content (AvgIpc) is 3.14. The molecular formula is C46H74O6. The van der Waals surface area contributed by atoms with Crippen molar-refractivity contribution in [2.24, 2.45) is 0 Å². The maximum atomic E-state index is 12.6. The maximum Gasteiger partial charge on any atom is 0.306 e. The Morgan fingerprint density at radius 3 is 1.33 bits per heavy atom. The monoisotopic (exact) mass is 723 g/mol. The molecule has 0 amide bonds. The summed E-state index contributed by atoms with van der Waals surface area (Å²) in [6, 6.07) is 0. The molecule has 0 radical (unpaired) electrons. The van der Waals surface area contributed by atoms with Gasteiger partial charge in [0, 0.05) is 19.3 Å². The van der Waals surface area contributed by atoms with Crippen molar-refractivity contribution >= 4 is 17.9 Å². The van der Waals surface area contributed by atoms with Crippen molar-refractivity contribution in [3.63, 3.8) is 0 Å². The van der Waals surface area contributed by atoms with Gasteiger partial charge in [0.05, 0.1) is 0 Å². The molecule has 0 aliphatic rings. The summed E-state index contributed by atoms with van der Waals surface area (Å²) in [5.41, 5.74) is 0. The number of unbranched alkanes of at least 4 members (excludes halogenated alkanes) is 14. The highest BCUT2D eigenvalue weighted by Crippen LogP contribution is 2.11. The van der Waals surface area contributed by atoms with Crippen LogP contribution in [0.25, 0.3) is 0 Å². The molecule has 52 heavy (non-hydrogen) atoms. The number of hydrogen-bond acceptors (Lipinski definition) is 6. The molecule has 0 fully saturated rings. The normalized spacial score (nSPS) is 12.9. The second kappa shape index (κ2) is 40.4. The lowest BCUT2D eigenvalue weighted by Gasteiger charge is -2.18. The fourth-order valence-corrected chi connectivity index (χ4v) is 5.11. The van der Waals surface area contributed by atoms with Crippen molar-refractivity contribution in [3.8, 4) is 0 Å². The molecule has 0 rings (SSSR count). The first-order valence-electron chi connectivity index (χ1n) is 20.7. The van der Waals surface area contributed by atoms with E-state index < -0.39 is 6.10 Å². The van der Waals surface area contributed by atoms with Crippen LogP contribution >= 0.6 is 0 Å². The van der Waals surface area contributed by atoms with E-state index in [0.717, 1.165) is 57.8 Å². The number of carbonyl (C=O) groups is 3. The highest BCUT2D eigenvalue weighted by atomic mass is 16.6. The minimum atomic E-state index is -0.817. The van der Waals surface area contributed by atoms with Crippen LogP contribution in [-0.2, 0) is 28.6 Å². The smallest absolute Gasteiger partial charge is 0.306 e. The highest BCUT2D eigenvalue weighted by Gasteiger charge is 2.19. The number of esters is 3. The number of carbonyl (C=O) groups excluding carboxylic acids is 3. The third-order valence-corrected chi connectivity index (χ3v) is 8.23. The largest absolute Gasteiger partial charge is 0.462 e. The van der Waals surface area contributed by atoms with Crippen LogP contribution in [0, 0.1) is 0 Å². The maximum absolute atomic E-state index is 12.6. The predicted molar refractivity (Wildman–Crippen MR) is 219 cm³/mol. The first-order valence-corrected chi connectivity index (χ1v) is 20.7. The Hall–Kier alpha value is -3.41. The van der Waals surface area contributed by atoms with E-state index in [1.807, 2.05) is 54.7 Å². The molecule has 0 heterocycles. The van der Waals surface area contributed by atoms with Crippen LogP contribution in [0.4, 0.5) is 0 Å². The first kappa shape index (κ1) is 48.6. The van der Waals surface area contributed by atoms with Crippen LogP contribution in [-0.4, -0.2) is 37.2 Å². The van der Waals surface area contributed by atoms with Gasteiger partial charge in [0.25, 0.3) is 0 Å². The summed E-state index contributed by atoms with van der Waals surface area (Å²) in [5.74, 6) is -1.05. The first-order chi connectivity index (χ1) is 25.5.